The van der Waals surface area contributed by atoms with Gasteiger partial charge in [0.25, 0.3) is 5.56 Å². The Kier molecular flexibility index (Phi) is 3.76. The van der Waals surface area contributed by atoms with Gasteiger partial charge in [0.1, 0.15) is 5.82 Å². The van der Waals surface area contributed by atoms with Crippen LogP contribution in [-0.2, 0) is 0 Å². The van der Waals surface area contributed by atoms with E-state index in [1.165, 1.54) is 0 Å². The predicted octanol–water partition coefficient (Wildman–Crippen LogP) is 3.92. The minimum atomic E-state index is -0.136. The first-order valence-electron chi connectivity index (χ1n) is 8.56. The zero-order valence-corrected chi connectivity index (χ0v) is 14.3. The lowest BCUT2D eigenvalue weighted by Crippen LogP contribution is -2.21. The van der Waals surface area contributed by atoms with Gasteiger partial charge in [0.15, 0.2) is 0 Å². The zero-order valence-electron chi connectivity index (χ0n) is 14.3. The summed E-state index contributed by atoms with van der Waals surface area (Å²) in [4.78, 5) is 25.6. The molecule has 0 atom stereocenters. The number of aromatic amines is 2. The van der Waals surface area contributed by atoms with Crippen molar-refractivity contribution in [1.82, 2.24) is 15.0 Å². The summed E-state index contributed by atoms with van der Waals surface area (Å²) in [5, 5.41) is 0.992. The van der Waals surface area contributed by atoms with Crippen molar-refractivity contribution >= 4 is 27.6 Å². The van der Waals surface area contributed by atoms with Gasteiger partial charge in [-0.1, -0.05) is 18.2 Å². The van der Waals surface area contributed by atoms with Crippen LogP contribution in [0.3, 0.4) is 0 Å². The van der Waals surface area contributed by atoms with E-state index in [1.807, 2.05) is 42.5 Å². The SMILES string of the molecule is CCN(CC)c1ccc2cc(-c3nc4ccccc4[nH]3)c(=O)[nH]c2c1. The van der Waals surface area contributed by atoms with E-state index in [1.54, 1.807) is 0 Å². The van der Waals surface area contributed by atoms with Gasteiger partial charge in [-0.15, -0.1) is 0 Å². The van der Waals surface area contributed by atoms with Crippen LogP contribution in [0, 0.1) is 0 Å². The van der Waals surface area contributed by atoms with Gasteiger partial charge in [0.05, 0.1) is 22.1 Å². The Hall–Kier alpha value is -3.08. The van der Waals surface area contributed by atoms with Gasteiger partial charge in [0, 0.05) is 18.8 Å². The van der Waals surface area contributed by atoms with Crippen LogP contribution in [-0.4, -0.2) is 28.0 Å². The van der Waals surface area contributed by atoms with Crippen LogP contribution in [0.4, 0.5) is 5.69 Å². The predicted molar refractivity (Wildman–Crippen MR) is 103 cm³/mol. The number of pyridine rings is 1. The number of para-hydroxylation sites is 2. The second-order valence-electron chi connectivity index (χ2n) is 6.06. The Bertz CT molecular complexity index is 1070. The maximum absolute atomic E-state index is 12.6. The molecule has 4 rings (SSSR count). The summed E-state index contributed by atoms with van der Waals surface area (Å²) in [5.74, 6) is 0.595. The van der Waals surface area contributed by atoms with Crippen molar-refractivity contribution in [1.29, 1.82) is 0 Å². The van der Waals surface area contributed by atoms with Crippen LogP contribution in [0.15, 0.2) is 53.3 Å². The topological polar surface area (TPSA) is 64.8 Å². The number of benzene rings is 2. The number of anilines is 1. The van der Waals surface area contributed by atoms with Crippen molar-refractivity contribution in [2.45, 2.75) is 13.8 Å². The highest BCUT2D eigenvalue weighted by Gasteiger charge is 2.11. The number of fused-ring (bicyclic) bond motifs is 2. The molecule has 2 aromatic carbocycles. The van der Waals surface area contributed by atoms with Gasteiger partial charge in [-0.25, -0.2) is 4.98 Å². The minimum Gasteiger partial charge on any atom is -0.372 e. The van der Waals surface area contributed by atoms with Crippen molar-refractivity contribution in [3.05, 3.63) is 58.9 Å². The van der Waals surface area contributed by atoms with Crippen molar-refractivity contribution < 1.29 is 0 Å². The molecule has 0 fully saturated rings. The van der Waals surface area contributed by atoms with Crippen molar-refractivity contribution in [2.75, 3.05) is 18.0 Å². The molecule has 4 aromatic rings. The summed E-state index contributed by atoms with van der Waals surface area (Å²) < 4.78 is 0. The standard InChI is InChI=1S/C20H20N4O/c1-3-24(4-2)14-10-9-13-11-15(20(25)23-18(13)12-14)19-21-16-7-5-6-8-17(16)22-19/h5-12H,3-4H2,1-2H3,(H,21,22)(H,23,25). The average molecular weight is 332 g/mol. The lowest BCUT2D eigenvalue weighted by molar-refractivity contribution is 0.867. The summed E-state index contributed by atoms with van der Waals surface area (Å²) in [6.07, 6.45) is 0. The maximum Gasteiger partial charge on any atom is 0.259 e. The van der Waals surface area contributed by atoms with E-state index in [2.05, 4.69) is 39.8 Å². The summed E-state index contributed by atoms with van der Waals surface area (Å²) in [6, 6.07) is 15.8. The first kappa shape index (κ1) is 15.4. The van der Waals surface area contributed by atoms with E-state index >= 15 is 0 Å². The second-order valence-corrected chi connectivity index (χ2v) is 6.06. The highest BCUT2D eigenvalue weighted by Crippen LogP contribution is 2.24. The first-order chi connectivity index (χ1) is 12.2. The monoisotopic (exact) mass is 332 g/mol. The van der Waals surface area contributed by atoms with Crippen LogP contribution in [0.1, 0.15) is 13.8 Å². The van der Waals surface area contributed by atoms with E-state index in [4.69, 9.17) is 0 Å². The molecule has 0 amide bonds. The van der Waals surface area contributed by atoms with Crippen LogP contribution < -0.4 is 10.5 Å². The summed E-state index contributed by atoms with van der Waals surface area (Å²) in [6.45, 7) is 6.12. The largest absolute Gasteiger partial charge is 0.372 e. The normalized spacial score (nSPS) is 11.3. The molecule has 2 N–H and O–H groups in total. The highest BCUT2D eigenvalue weighted by atomic mass is 16.1. The molecule has 2 aromatic heterocycles. The molecule has 0 bridgehead atoms. The number of aromatic nitrogens is 3. The van der Waals surface area contributed by atoms with E-state index in [0.717, 1.165) is 40.7 Å². The molecular weight excluding hydrogens is 312 g/mol. The van der Waals surface area contributed by atoms with Crippen LogP contribution in [0.2, 0.25) is 0 Å². The van der Waals surface area contributed by atoms with Crippen molar-refractivity contribution in [3.8, 4) is 11.4 Å². The van der Waals surface area contributed by atoms with Gasteiger partial charge >= 0.3 is 0 Å². The number of H-pyrrole nitrogens is 2. The fraction of sp³-hybridized carbons (Fsp3) is 0.200. The van der Waals surface area contributed by atoms with Gasteiger partial charge < -0.3 is 14.9 Å². The summed E-state index contributed by atoms with van der Waals surface area (Å²) >= 11 is 0. The Balaban J connectivity index is 1.84. The first-order valence-corrected chi connectivity index (χ1v) is 8.56. The third-order valence-electron chi connectivity index (χ3n) is 4.60. The molecule has 5 heteroatoms. The highest BCUT2D eigenvalue weighted by molar-refractivity contribution is 5.87. The fourth-order valence-electron chi connectivity index (χ4n) is 3.23. The third kappa shape index (κ3) is 2.67. The van der Waals surface area contributed by atoms with Gasteiger partial charge in [-0.2, -0.15) is 0 Å². The Morgan fingerprint density at radius 2 is 1.76 bits per heavy atom. The molecule has 0 unspecified atom stereocenters. The quantitative estimate of drug-likeness (QED) is 0.595. The van der Waals surface area contributed by atoms with E-state index in [0.29, 0.717) is 11.4 Å². The van der Waals surface area contributed by atoms with Crippen LogP contribution >= 0.6 is 0 Å². The van der Waals surface area contributed by atoms with Crippen LogP contribution in [0.25, 0.3) is 33.3 Å². The van der Waals surface area contributed by atoms with Crippen LogP contribution in [0.5, 0.6) is 0 Å². The molecule has 0 radical (unpaired) electrons. The number of nitrogens with zero attached hydrogens (tertiary/aromatic N) is 2. The van der Waals surface area contributed by atoms with Gasteiger partial charge in [-0.05, 0) is 49.6 Å². The number of imidazole rings is 1. The molecule has 0 saturated carbocycles. The zero-order chi connectivity index (χ0) is 17.4. The van der Waals surface area contributed by atoms with E-state index in [-0.39, 0.29) is 5.56 Å². The number of rotatable bonds is 4. The van der Waals surface area contributed by atoms with E-state index in [9.17, 15) is 4.79 Å². The lowest BCUT2D eigenvalue weighted by Gasteiger charge is -2.21. The maximum atomic E-state index is 12.6. The molecular formula is C20H20N4O. The molecule has 25 heavy (non-hydrogen) atoms. The van der Waals surface area contributed by atoms with E-state index < -0.39 is 0 Å². The smallest absolute Gasteiger partial charge is 0.259 e. The molecule has 0 spiro atoms. The molecule has 126 valence electrons. The van der Waals surface area contributed by atoms with Crippen molar-refractivity contribution in [2.24, 2.45) is 0 Å². The number of nitrogens with one attached hydrogen (secondary N) is 2. The molecule has 0 saturated heterocycles. The Morgan fingerprint density at radius 1 is 0.960 bits per heavy atom. The second kappa shape index (κ2) is 6.09. The average Bonchev–Trinajstić information content (AvgIpc) is 3.06. The molecule has 0 aliphatic heterocycles. The number of hydrogen-bond acceptors (Lipinski definition) is 3. The minimum absolute atomic E-state index is 0.136. The van der Waals surface area contributed by atoms with Gasteiger partial charge in [-0.3, -0.25) is 4.79 Å². The Labute approximate surface area is 145 Å². The molecule has 0 aliphatic carbocycles. The molecule has 0 aliphatic rings. The summed E-state index contributed by atoms with van der Waals surface area (Å²) in [5.41, 5.74) is 4.16. The van der Waals surface area contributed by atoms with Gasteiger partial charge in [0.2, 0.25) is 0 Å². The van der Waals surface area contributed by atoms with Crippen molar-refractivity contribution in [3.63, 3.8) is 0 Å². The Morgan fingerprint density at radius 3 is 2.52 bits per heavy atom. The molecule has 2 heterocycles. The number of hydrogen-bond donors (Lipinski definition) is 2. The fourth-order valence-corrected chi connectivity index (χ4v) is 3.23. The lowest BCUT2D eigenvalue weighted by atomic mass is 10.1. The third-order valence-corrected chi connectivity index (χ3v) is 4.60. The molecule has 5 nitrogen and oxygen atoms in total. The summed E-state index contributed by atoms with van der Waals surface area (Å²) in [7, 11) is 0.